The van der Waals surface area contributed by atoms with Gasteiger partial charge < -0.3 is 15.3 Å². The number of likely N-dealkylation sites (tertiary alicyclic amines) is 1. The van der Waals surface area contributed by atoms with Crippen LogP contribution in [0.25, 0.3) is 0 Å². The molecule has 2 rings (SSSR count). The van der Waals surface area contributed by atoms with Gasteiger partial charge in [-0.25, -0.2) is 9.59 Å². The van der Waals surface area contributed by atoms with Crippen molar-refractivity contribution in [3.8, 4) is 0 Å². The molecule has 1 aromatic rings. The van der Waals surface area contributed by atoms with Gasteiger partial charge in [0.2, 0.25) is 0 Å². The quantitative estimate of drug-likeness (QED) is 0.872. The second-order valence-corrected chi connectivity index (χ2v) is 5.87. The van der Waals surface area contributed by atoms with E-state index in [2.05, 4.69) is 5.32 Å². The first-order valence-electron chi connectivity index (χ1n) is 7.02. The van der Waals surface area contributed by atoms with Gasteiger partial charge in [-0.05, 0) is 51.3 Å². The van der Waals surface area contributed by atoms with E-state index < -0.39 is 5.97 Å². The summed E-state index contributed by atoms with van der Waals surface area (Å²) in [5.74, 6) is -1.05. The number of piperidine rings is 1. The highest BCUT2D eigenvalue weighted by molar-refractivity contribution is 6.34. The van der Waals surface area contributed by atoms with Gasteiger partial charge in [-0.15, -0.1) is 0 Å². The smallest absolute Gasteiger partial charge is 0.335 e. The molecule has 2 N–H and O–H groups in total. The number of carboxylic acid groups (broad SMARTS) is 1. The molecule has 1 fully saturated rings. The van der Waals surface area contributed by atoms with Crippen molar-refractivity contribution in [3.63, 3.8) is 0 Å². The molecule has 1 aliphatic heterocycles. The van der Waals surface area contributed by atoms with Crippen molar-refractivity contribution < 1.29 is 14.7 Å². The van der Waals surface area contributed by atoms with Crippen LogP contribution in [0.4, 0.5) is 10.5 Å². The number of anilines is 1. The van der Waals surface area contributed by atoms with Gasteiger partial charge in [0, 0.05) is 12.1 Å². The number of aromatic carboxylic acids is 1. The molecule has 6 heteroatoms. The van der Waals surface area contributed by atoms with E-state index in [1.54, 1.807) is 0 Å². The summed E-state index contributed by atoms with van der Waals surface area (Å²) in [4.78, 5) is 25.1. The summed E-state index contributed by atoms with van der Waals surface area (Å²) < 4.78 is 0. The van der Waals surface area contributed by atoms with Crippen LogP contribution in [0.3, 0.4) is 0 Å². The Kier molecular flexibility index (Phi) is 4.73. The van der Waals surface area contributed by atoms with E-state index in [0.29, 0.717) is 5.69 Å². The van der Waals surface area contributed by atoms with Gasteiger partial charge in [0.05, 0.1) is 16.3 Å². The molecule has 1 aromatic carbocycles. The second kappa shape index (κ2) is 6.35. The van der Waals surface area contributed by atoms with Crippen molar-refractivity contribution in [1.82, 2.24) is 4.90 Å². The van der Waals surface area contributed by atoms with Gasteiger partial charge in [0.15, 0.2) is 0 Å². The van der Waals surface area contributed by atoms with Gasteiger partial charge >= 0.3 is 12.0 Å². The van der Waals surface area contributed by atoms with Gasteiger partial charge in [-0.1, -0.05) is 11.6 Å². The van der Waals surface area contributed by atoms with E-state index in [1.807, 2.05) is 18.7 Å². The number of halogens is 1. The lowest BCUT2D eigenvalue weighted by Crippen LogP contribution is -2.49. The number of rotatable bonds is 2. The van der Waals surface area contributed by atoms with E-state index in [9.17, 15) is 9.59 Å². The maximum absolute atomic E-state index is 12.4. The standard InChI is InChI=1S/C15H19ClN2O3/c1-9-4-3-5-10(2)18(9)15(21)17-13-7-6-11(14(19)20)8-12(13)16/h6-10H,3-5H2,1-2H3,(H,17,21)(H,19,20)/t9-,10+. The summed E-state index contributed by atoms with van der Waals surface area (Å²) in [6, 6.07) is 4.45. The lowest BCUT2D eigenvalue weighted by molar-refractivity contribution is 0.0697. The van der Waals surface area contributed by atoms with Crippen LogP contribution in [0.5, 0.6) is 0 Å². The number of hydrogen-bond donors (Lipinski definition) is 2. The average Bonchev–Trinajstić information content (AvgIpc) is 2.40. The molecular formula is C15H19ClN2O3. The van der Waals surface area contributed by atoms with Crippen LogP contribution in [0.15, 0.2) is 18.2 Å². The molecule has 21 heavy (non-hydrogen) atoms. The monoisotopic (exact) mass is 310 g/mol. The molecule has 5 nitrogen and oxygen atoms in total. The highest BCUT2D eigenvalue weighted by atomic mass is 35.5. The predicted octanol–water partition coefficient (Wildman–Crippen LogP) is 3.83. The van der Waals surface area contributed by atoms with Crippen LogP contribution >= 0.6 is 11.6 Å². The maximum Gasteiger partial charge on any atom is 0.335 e. The number of urea groups is 1. The molecule has 0 spiro atoms. The third kappa shape index (κ3) is 3.47. The van der Waals surface area contributed by atoms with E-state index in [0.717, 1.165) is 19.3 Å². The van der Waals surface area contributed by atoms with E-state index >= 15 is 0 Å². The van der Waals surface area contributed by atoms with Crippen LogP contribution < -0.4 is 5.32 Å². The first kappa shape index (κ1) is 15.6. The summed E-state index contributed by atoms with van der Waals surface area (Å²) in [5.41, 5.74) is 0.523. The summed E-state index contributed by atoms with van der Waals surface area (Å²) in [5, 5.41) is 11.9. The van der Waals surface area contributed by atoms with E-state index in [4.69, 9.17) is 16.7 Å². The molecule has 0 saturated carbocycles. The van der Waals surface area contributed by atoms with E-state index in [1.165, 1.54) is 18.2 Å². The fraction of sp³-hybridized carbons (Fsp3) is 0.467. The zero-order valence-corrected chi connectivity index (χ0v) is 12.9. The molecule has 0 aliphatic carbocycles. The maximum atomic E-state index is 12.4. The van der Waals surface area contributed by atoms with Crippen LogP contribution in [0.1, 0.15) is 43.5 Å². The molecule has 1 aliphatic rings. The third-order valence-corrected chi connectivity index (χ3v) is 4.20. The number of carbonyl (C=O) groups is 2. The van der Waals surface area contributed by atoms with Gasteiger partial charge in [0.25, 0.3) is 0 Å². The van der Waals surface area contributed by atoms with Crippen LogP contribution in [0, 0.1) is 0 Å². The highest BCUT2D eigenvalue weighted by Crippen LogP contribution is 2.26. The molecule has 114 valence electrons. The number of benzene rings is 1. The Morgan fingerprint density at radius 2 is 1.90 bits per heavy atom. The lowest BCUT2D eigenvalue weighted by Gasteiger charge is -2.38. The van der Waals surface area contributed by atoms with Crippen molar-refractivity contribution in [3.05, 3.63) is 28.8 Å². The van der Waals surface area contributed by atoms with Crippen LogP contribution in [-0.4, -0.2) is 34.1 Å². The number of nitrogens with zero attached hydrogens (tertiary/aromatic N) is 1. The van der Waals surface area contributed by atoms with Gasteiger partial charge in [-0.2, -0.15) is 0 Å². The molecule has 0 bridgehead atoms. The average molecular weight is 311 g/mol. The highest BCUT2D eigenvalue weighted by Gasteiger charge is 2.29. The molecule has 0 unspecified atom stereocenters. The van der Waals surface area contributed by atoms with E-state index in [-0.39, 0.29) is 28.7 Å². The van der Waals surface area contributed by atoms with Gasteiger partial charge in [-0.3, -0.25) is 0 Å². The fourth-order valence-electron chi connectivity index (χ4n) is 2.75. The second-order valence-electron chi connectivity index (χ2n) is 5.47. The molecule has 0 radical (unpaired) electrons. The Morgan fingerprint density at radius 3 is 2.43 bits per heavy atom. The first-order valence-corrected chi connectivity index (χ1v) is 7.40. The fourth-order valence-corrected chi connectivity index (χ4v) is 2.98. The Bertz CT molecular complexity index is 552. The minimum absolute atomic E-state index is 0.0951. The largest absolute Gasteiger partial charge is 0.478 e. The van der Waals surface area contributed by atoms with Crippen molar-refractivity contribution >= 4 is 29.3 Å². The topological polar surface area (TPSA) is 69.6 Å². The number of carbonyl (C=O) groups excluding carboxylic acids is 1. The normalized spacial score (nSPS) is 22.0. The van der Waals surface area contributed by atoms with Gasteiger partial charge in [0.1, 0.15) is 0 Å². The molecular weight excluding hydrogens is 292 g/mol. The molecule has 2 atom stereocenters. The third-order valence-electron chi connectivity index (χ3n) is 3.89. The summed E-state index contributed by atoms with van der Waals surface area (Å²) >= 11 is 6.03. The van der Waals surface area contributed by atoms with Crippen molar-refractivity contribution in [2.24, 2.45) is 0 Å². The Hall–Kier alpha value is -1.75. The van der Waals surface area contributed by atoms with Crippen molar-refractivity contribution in [2.45, 2.75) is 45.2 Å². The summed E-state index contributed by atoms with van der Waals surface area (Å²) in [6.07, 6.45) is 3.10. The lowest BCUT2D eigenvalue weighted by atomic mass is 9.98. The Morgan fingerprint density at radius 1 is 1.29 bits per heavy atom. The molecule has 2 amide bonds. The molecule has 1 heterocycles. The Balaban J connectivity index is 2.14. The zero-order valence-electron chi connectivity index (χ0n) is 12.1. The number of hydrogen-bond acceptors (Lipinski definition) is 2. The Labute approximate surface area is 128 Å². The number of amides is 2. The first-order chi connectivity index (χ1) is 9.90. The summed E-state index contributed by atoms with van der Waals surface area (Å²) in [6.45, 7) is 4.06. The molecule has 1 saturated heterocycles. The van der Waals surface area contributed by atoms with Crippen molar-refractivity contribution in [2.75, 3.05) is 5.32 Å². The minimum Gasteiger partial charge on any atom is -0.478 e. The van der Waals surface area contributed by atoms with Crippen LogP contribution in [-0.2, 0) is 0 Å². The predicted molar refractivity (Wildman–Crippen MR) is 82.0 cm³/mol. The number of nitrogens with one attached hydrogen (secondary N) is 1. The minimum atomic E-state index is -1.05. The molecule has 0 aromatic heterocycles. The summed E-state index contributed by atoms with van der Waals surface area (Å²) in [7, 11) is 0. The zero-order chi connectivity index (χ0) is 15.6. The number of carboxylic acids is 1. The van der Waals surface area contributed by atoms with Crippen LogP contribution in [0.2, 0.25) is 5.02 Å². The SMILES string of the molecule is C[C@@H]1CCC[C@H](C)N1C(=O)Nc1ccc(C(=O)O)cc1Cl. The van der Waals surface area contributed by atoms with Crippen molar-refractivity contribution in [1.29, 1.82) is 0 Å².